The summed E-state index contributed by atoms with van der Waals surface area (Å²) in [6, 6.07) is 11.4. The lowest BCUT2D eigenvalue weighted by Crippen LogP contribution is -2.17. The number of hydrogen-bond acceptors (Lipinski definition) is 3. The van der Waals surface area contributed by atoms with E-state index in [-0.39, 0.29) is 0 Å². The summed E-state index contributed by atoms with van der Waals surface area (Å²) < 4.78 is 2.00. The van der Waals surface area contributed by atoms with Gasteiger partial charge in [-0.1, -0.05) is 26.0 Å². The van der Waals surface area contributed by atoms with Crippen LogP contribution in [0.2, 0.25) is 0 Å². The predicted molar refractivity (Wildman–Crippen MR) is 90.7 cm³/mol. The molecule has 1 atom stereocenters. The highest BCUT2D eigenvalue weighted by Crippen LogP contribution is 2.25. The van der Waals surface area contributed by atoms with Gasteiger partial charge in [-0.2, -0.15) is 5.10 Å². The topological polar surface area (TPSA) is 29.9 Å². The van der Waals surface area contributed by atoms with Gasteiger partial charge in [0, 0.05) is 29.4 Å². The number of thioether (sulfide) groups is 1. The van der Waals surface area contributed by atoms with Gasteiger partial charge in [-0.25, -0.2) is 0 Å². The first-order valence-corrected chi connectivity index (χ1v) is 8.60. The van der Waals surface area contributed by atoms with Crippen molar-refractivity contribution in [2.45, 2.75) is 43.9 Å². The summed E-state index contributed by atoms with van der Waals surface area (Å²) in [7, 11) is 2.03. The average molecular weight is 303 g/mol. The zero-order valence-electron chi connectivity index (χ0n) is 13.4. The number of nitrogens with one attached hydrogen (secondary N) is 1. The number of benzene rings is 1. The van der Waals surface area contributed by atoms with Crippen molar-refractivity contribution in [2.24, 2.45) is 7.05 Å². The lowest BCUT2D eigenvalue weighted by Gasteiger charge is -2.13. The van der Waals surface area contributed by atoms with Gasteiger partial charge in [-0.05, 0) is 43.7 Å². The van der Waals surface area contributed by atoms with Crippen LogP contribution in [0.4, 0.5) is 0 Å². The highest BCUT2D eigenvalue weighted by Gasteiger charge is 2.07. The summed E-state index contributed by atoms with van der Waals surface area (Å²) >= 11 is 1.87. The monoisotopic (exact) mass is 303 g/mol. The molecule has 3 nitrogen and oxygen atoms in total. The Hall–Kier alpha value is -1.26. The smallest absolute Gasteiger partial charge is 0.0625 e. The minimum atomic E-state index is 0.402. The minimum absolute atomic E-state index is 0.402. The highest BCUT2D eigenvalue weighted by atomic mass is 32.2. The molecule has 1 aromatic carbocycles. The van der Waals surface area contributed by atoms with Gasteiger partial charge in [0.2, 0.25) is 0 Å². The van der Waals surface area contributed by atoms with Crippen molar-refractivity contribution in [3.8, 4) is 0 Å². The Morgan fingerprint density at radius 2 is 2.10 bits per heavy atom. The van der Waals surface area contributed by atoms with E-state index in [0.717, 1.165) is 18.7 Å². The molecule has 0 radical (unpaired) electrons. The first-order valence-electron chi connectivity index (χ1n) is 7.62. The largest absolute Gasteiger partial charge is 0.310 e. The third kappa shape index (κ3) is 4.35. The molecule has 2 aromatic rings. The summed E-state index contributed by atoms with van der Waals surface area (Å²) in [5, 5.41) is 7.96. The second-order valence-electron chi connectivity index (χ2n) is 5.24. The molecule has 1 aromatic heterocycles. The molecule has 4 heteroatoms. The number of rotatable bonds is 7. The molecule has 0 aliphatic heterocycles. The molecular formula is C17H25N3S. The van der Waals surface area contributed by atoms with Crippen molar-refractivity contribution in [1.82, 2.24) is 15.1 Å². The molecule has 1 heterocycles. The Balaban J connectivity index is 2.02. The second kappa shape index (κ2) is 7.66. The van der Waals surface area contributed by atoms with E-state index in [1.807, 2.05) is 23.5 Å². The van der Waals surface area contributed by atoms with Crippen LogP contribution in [0, 0.1) is 0 Å². The third-order valence-corrected chi connectivity index (χ3v) is 4.67. The van der Waals surface area contributed by atoms with Crippen LogP contribution in [-0.4, -0.2) is 16.3 Å². The van der Waals surface area contributed by atoms with Gasteiger partial charge in [0.1, 0.15) is 0 Å². The summed E-state index contributed by atoms with van der Waals surface area (Å²) in [6.07, 6.45) is 0.994. The number of aromatic nitrogens is 2. The molecule has 21 heavy (non-hydrogen) atoms. The van der Waals surface area contributed by atoms with Crippen LogP contribution in [0.5, 0.6) is 0 Å². The molecule has 0 fully saturated rings. The van der Waals surface area contributed by atoms with Crippen LogP contribution < -0.4 is 5.32 Å². The Labute approximate surface area is 132 Å². The molecule has 0 bridgehead atoms. The quantitative estimate of drug-likeness (QED) is 0.786. The van der Waals surface area contributed by atoms with E-state index in [9.17, 15) is 0 Å². The van der Waals surface area contributed by atoms with E-state index in [1.165, 1.54) is 21.8 Å². The lowest BCUT2D eigenvalue weighted by molar-refractivity contribution is 0.597. The molecule has 1 N–H and O–H groups in total. The van der Waals surface area contributed by atoms with Crippen LogP contribution in [-0.2, 0) is 19.2 Å². The van der Waals surface area contributed by atoms with E-state index in [1.54, 1.807) is 0 Å². The summed E-state index contributed by atoms with van der Waals surface area (Å²) in [5.74, 6) is 0.961. The van der Waals surface area contributed by atoms with Crippen molar-refractivity contribution in [3.63, 3.8) is 0 Å². The Morgan fingerprint density at radius 1 is 1.29 bits per heavy atom. The maximum absolute atomic E-state index is 4.50. The number of hydrogen-bond donors (Lipinski definition) is 1. The zero-order chi connectivity index (χ0) is 15.2. The highest BCUT2D eigenvalue weighted by molar-refractivity contribution is 7.98. The summed E-state index contributed by atoms with van der Waals surface area (Å²) in [6.45, 7) is 7.49. The van der Waals surface area contributed by atoms with Gasteiger partial charge >= 0.3 is 0 Å². The molecule has 2 rings (SSSR count). The van der Waals surface area contributed by atoms with Crippen molar-refractivity contribution >= 4 is 11.8 Å². The molecule has 0 aliphatic rings. The van der Waals surface area contributed by atoms with Crippen LogP contribution in [0.25, 0.3) is 0 Å². The second-order valence-corrected chi connectivity index (χ2v) is 6.29. The minimum Gasteiger partial charge on any atom is -0.310 e. The first-order chi connectivity index (χ1) is 10.1. The van der Waals surface area contributed by atoms with Crippen LogP contribution in [0.3, 0.4) is 0 Å². The van der Waals surface area contributed by atoms with Crippen molar-refractivity contribution in [2.75, 3.05) is 6.54 Å². The molecule has 0 aliphatic carbocycles. The van der Waals surface area contributed by atoms with E-state index in [0.29, 0.717) is 6.04 Å². The molecule has 0 saturated heterocycles. The molecule has 0 saturated carbocycles. The fourth-order valence-corrected chi connectivity index (χ4v) is 3.31. The predicted octanol–water partition coefficient (Wildman–Crippen LogP) is 3.95. The van der Waals surface area contributed by atoms with Gasteiger partial charge in [-0.3, -0.25) is 4.68 Å². The lowest BCUT2D eigenvalue weighted by atomic mass is 10.1. The van der Waals surface area contributed by atoms with Crippen LogP contribution in [0.1, 0.15) is 43.8 Å². The van der Waals surface area contributed by atoms with E-state index < -0.39 is 0 Å². The third-order valence-electron chi connectivity index (χ3n) is 3.64. The van der Waals surface area contributed by atoms with Crippen molar-refractivity contribution in [3.05, 3.63) is 47.3 Å². The summed E-state index contributed by atoms with van der Waals surface area (Å²) in [5.41, 5.74) is 3.80. The van der Waals surface area contributed by atoms with E-state index in [4.69, 9.17) is 0 Å². The molecule has 0 amide bonds. The zero-order valence-corrected chi connectivity index (χ0v) is 14.2. The van der Waals surface area contributed by atoms with E-state index >= 15 is 0 Å². The fourth-order valence-electron chi connectivity index (χ4n) is 2.33. The Kier molecular flexibility index (Phi) is 5.88. The van der Waals surface area contributed by atoms with Gasteiger partial charge in [0.05, 0.1) is 5.69 Å². The molecule has 114 valence electrons. The normalized spacial score (nSPS) is 12.6. The molecule has 1 unspecified atom stereocenters. The van der Waals surface area contributed by atoms with Crippen LogP contribution in [0.15, 0.2) is 35.2 Å². The maximum Gasteiger partial charge on any atom is 0.0625 e. The molecular weight excluding hydrogens is 278 g/mol. The van der Waals surface area contributed by atoms with Crippen molar-refractivity contribution in [1.29, 1.82) is 0 Å². The average Bonchev–Trinajstić information content (AvgIpc) is 2.86. The Morgan fingerprint density at radius 3 is 2.76 bits per heavy atom. The van der Waals surface area contributed by atoms with Crippen molar-refractivity contribution < 1.29 is 0 Å². The van der Waals surface area contributed by atoms with Gasteiger partial charge in [0.15, 0.2) is 0 Å². The first kappa shape index (κ1) is 16.1. The maximum atomic E-state index is 4.50. The number of aryl methyl sites for hydroxylation is 2. The molecule has 0 spiro atoms. The number of nitrogens with zero attached hydrogens (tertiary/aromatic N) is 2. The fraction of sp³-hybridized carbons (Fsp3) is 0.471. The van der Waals surface area contributed by atoms with Gasteiger partial charge in [-0.15, -0.1) is 11.8 Å². The van der Waals surface area contributed by atoms with Gasteiger partial charge < -0.3 is 5.32 Å². The van der Waals surface area contributed by atoms with E-state index in [2.05, 4.69) is 61.5 Å². The summed E-state index contributed by atoms with van der Waals surface area (Å²) in [4.78, 5) is 1.32. The van der Waals surface area contributed by atoms with Gasteiger partial charge in [0.25, 0.3) is 0 Å². The SMILES string of the molecule is CCNC(C)c1cccc(SCc2cc(CC)nn2C)c1. The van der Waals surface area contributed by atoms with Crippen LogP contribution >= 0.6 is 11.8 Å². The standard InChI is InChI=1S/C17H25N3S/c1-5-15-11-16(20(4)19-15)12-21-17-9-7-8-14(10-17)13(3)18-6-2/h7-11,13,18H,5-6,12H2,1-4H3. The Bertz CT molecular complexity index is 577.